The minimum atomic E-state index is 0.866. The van der Waals surface area contributed by atoms with Crippen LogP contribution in [0.4, 0.5) is 0 Å². The Kier molecular flexibility index (Phi) is 3.69. The third kappa shape index (κ3) is 2.95. The topological polar surface area (TPSA) is 22.1 Å². The van der Waals surface area contributed by atoms with Crippen molar-refractivity contribution in [3.63, 3.8) is 0 Å². The maximum atomic E-state index is 5.35. The highest BCUT2D eigenvalue weighted by molar-refractivity contribution is 5.81. The first kappa shape index (κ1) is 13.4. The van der Waals surface area contributed by atoms with Gasteiger partial charge in [-0.3, -0.25) is 0 Å². The molecule has 0 bridgehead atoms. The monoisotopic (exact) mass is 275 g/mol. The molecule has 1 aromatic heterocycles. The molecule has 0 aliphatic heterocycles. The maximum absolute atomic E-state index is 5.35. The number of pyridine rings is 1. The Bertz CT molecular complexity index is 806. The Morgan fingerprint density at radius 3 is 2.67 bits per heavy atom. The molecule has 21 heavy (non-hydrogen) atoms. The summed E-state index contributed by atoms with van der Waals surface area (Å²) in [5.74, 6) is 0.866. The lowest BCUT2D eigenvalue weighted by Gasteiger charge is -2.04. The number of para-hydroxylation sites is 1. The van der Waals surface area contributed by atoms with Crippen molar-refractivity contribution in [3.8, 4) is 5.75 Å². The molecule has 104 valence electrons. The smallest absolute Gasteiger partial charge is 0.126 e. The number of hydrogen-bond donors (Lipinski definition) is 0. The van der Waals surface area contributed by atoms with Crippen molar-refractivity contribution in [2.75, 3.05) is 7.11 Å². The number of ether oxygens (including phenoxy) is 1. The standard InChI is InChI=1S/C19H17NO/c1-14-7-12-18-16(13-14)9-11-17(20-18)10-8-15-5-3-4-6-19(15)21-2/h3-13H,1-2H3/b10-8+. The lowest BCUT2D eigenvalue weighted by atomic mass is 10.1. The van der Waals surface area contributed by atoms with E-state index >= 15 is 0 Å². The molecule has 0 spiro atoms. The van der Waals surface area contributed by atoms with E-state index < -0.39 is 0 Å². The zero-order chi connectivity index (χ0) is 14.7. The number of hydrogen-bond acceptors (Lipinski definition) is 2. The van der Waals surface area contributed by atoms with E-state index in [0.717, 1.165) is 22.5 Å². The third-order valence-corrected chi connectivity index (χ3v) is 3.44. The molecule has 2 heteroatoms. The molecule has 0 radical (unpaired) electrons. The number of rotatable bonds is 3. The number of aromatic nitrogens is 1. The highest BCUT2D eigenvalue weighted by Crippen LogP contribution is 2.20. The maximum Gasteiger partial charge on any atom is 0.126 e. The van der Waals surface area contributed by atoms with Crippen LogP contribution < -0.4 is 4.74 Å². The molecule has 0 aliphatic rings. The fourth-order valence-corrected chi connectivity index (χ4v) is 2.33. The molecule has 3 rings (SSSR count). The SMILES string of the molecule is COc1ccccc1/C=C/c1ccc2cc(C)ccc2n1. The summed E-state index contributed by atoms with van der Waals surface area (Å²) in [4.78, 5) is 4.66. The van der Waals surface area contributed by atoms with Crippen LogP contribution in [0, 0.1) is 6.92 Å². The van der Waals surface area contributed by atoms with Crippen LogP contribution in [0.1, 0.15) is 16.8 Å². The summed E-state index contributed by atoms with van der Waals surface area (Å²) in [7, 11) is 1.68. The van der Waals surface area contributed by atoms with Crippen molar-refractivity contribution in [2.24, 2.45) is 0 Å². The average Bonchev–Trinajstić information content (AvgIpc) is 2.53. The van der Waals surface area contributed by atoms with E-state index in [1.807, 2.05) is 42.5 Å². The van der Waals surface area contributed by atoms with Crippen LogP contribution in [0.15, 0.2) is 54.6 Å². The zero-order valence-corrected chi connectivity index (χ0v) is 12.2. The summed E-state index contributed by atoms with van der Waals surface area (Å²) >= 11 is 0. The number of benzene rings is 2. The number of nitrogens with zero attached hydrogens (tertiary/aromatic N) is 1. The zero-order valence-electron chi connectivity index (χ0n) is 12.2. The van der Waals surface area contributed by atoms with Gasteiger partial charge in [-0.1, -0.05) is 35.9 Å². The third-order valence-electron chi connectivity index (χ3n) is 3.44. The molecule has 1 heterocycles. The van der Waals surface area contributed by atoms with Crippen molar-refractivity contribution in [3.05, 3.63) is 71.4 Å². The van der Waals surface area contributed by atoms with Gasteiger partial charge >= 0.3 is 0 Å². The van der Waals surface area contributed by atoms with E-state index in [0.29, 0.717) is 0 Å². The first-order valence-electron chi connectivity index (χ1n) is 6.95. The minimum Gasteiger partial charge on any atom is -0.496 e. The normalized spacial score (nSPS) is 11.1. The molecule has 2 aromatic carbocycles. The lowest BCUT2D eigenvalue weighted by Crippen LogP contribution is -1.86. The average molecular weight is 275 g/mol. The molecular formula is C19H17NO. The second kappa shape index (κ2) is 5.80. The van der Waals surface area contributed by atoms with Gasteiger partial charge in [0.2, 0.25) is 0 Å². The van der Waals surface area contributed by atoms with Gasteiger partial charge in [-0.25, -0.2) is 4.98 Å². The van der Waals surface area contributed by atoms with E-state index in [2.05, 4.69) is 36.2 Å². The molecule has 0 unspecified atom stereocenters. The Morgan fingerprint density at radius 2 is 1.81 bits per heavy atom. The van der Waals surface area contributed by atoms with E-state index in [-0.39, 0.29) is 0 Å². The largest absolute Gasteiger partial charge is 0.496 e. The first-order chi connectivity index (χ1) is 10.3. The van der Waals surface area contributed by atoms with Crippen LogP contribution in [-0.4, -0.2) is 12.1 Å². The summed E-state index contributed by atoms with van der Waals surface area (Å²) in [6, 6.07) is 18.4. The molecule has 0 saturated heterocycles. The van der Waals surface area contributed by atoms with Gasteiger partial charge in [0.05, 0.1) is 18.3 Å². The fraction of sp³-hybridized carbons (Fsp3) is 0.105. The first-order valence-corrected chi connectivity index (χ1v) is 6.95. The fourth-order valence-electron chi connectivity index (χ4n) is 2.33. The van der Waals surface area contributed by atoms with Crippen molar-refractivity contribution in [1.29, 1.82) is 0 Å². The van der Waals surface area contributed by atoms with E-state index in [1.54, 1.807) is 7.11 Å². The van der Waals surface area contributed by atoms with Gasteiger partial charge in [-0.2, -0.15) is 0 Å². The van der Waals surface area contributed by atoms with Crippen molar-refractivity contribution >= 4 is 23.1 Å². The Labute approximate surface area is 124 Å². The Hall–Kier alpha value is -2.61. The van der Waals surface area contributed by atoms with Crippen LogP contribution >= 0.6 is 0 Å². The van der Waals surface area contributed by atoms with Crippen LogP contribution in [-0.2, 0) is 0 Å². The number of methoxy groups -OCH3 is 1. The summed E-state index contributed by atoms with van der Waals surface area (Å²) in [5.41, 5.74) is 4.26. The molecule has 0 fully saturated rings. The van der Waals surface area contributed by atoms with Crippen molar-refractivity contribution < 1.29 is 4.74 Å². The number of fused-ring (bicyclic) bond motifs is 1. The molecule has 2 nitrogen and oxygen atoms in total. The van der Waals surface area contributed by atoms with Gasteiger partial charge in [-0.05, 0) is 43.3 Å². The lowest BCUT2D eigenvalue weighted by molar-refractivity contribution is 0.414. The summed E-state index contributed by atoms with van der Waals surface area (Å²) < 4.78 is 5.35. The van der Waals surface area contributed by atoms with E-state index in [4.69, 9.17) is 4.74 Å². The van der Waals surface area contributed by atoms with Crippen LogP contribution in [0.3, 0.4) is 0 Å². The van der Waals surface area contributed by atoms with Gasteiger partial charge in [0.1, 0.15) is 5.75 Å². The van der Waals surface area contributed by atoms with Crippen LogP contribution in [0.5, 0.6) is 5.75 Å². The summed E-state index contributed by atoms with van der Waals surface area (Å²) in [6.45, 7) is 2.09. The van der Waals surface area contributed by atoms with Gasteiger partial charge < -0.3 is 4.74 Å². The van der Waals surface area contributed by atoms with Crippen molar-refractivity contribution in [1.82, 2.24) is 4.98 Å². The van der Waals surface area contributed by atoms with Crippen LogP contribution in [0.25, 0.3) is 23.1 Å². The summed E-state index contributed by atoms with van der Waals surface area (Å²) in [5, 5.41) is 1.17. The van der Waals surface area contributed by atoms with Crippen molar-refractivity contribution in [2.45, 2.75) is 6.92 Å². The molecule has 0 saturated carbocycles. The second-order valence-corrected chi connectivity index (χ2v) is 5.01. The van der Waals surface area contributed by atoms with E-state index in [9.17, 15) is 0 Å². The molecule has 3 aromatic rings. The highest BCUT2D eigenvalue weighted by Gasteiger charge is 1.99. The predicted molar refractivity (Wildman–Crippen MR) is 88.4 cm³/mol. The highest BCUT2D eigenvalue weighted by atomic mass is 16.5. The minimum absolute atomic E-state index is 0.866. The quantitative estimate of drug-likeness (QED) is 0.690. The molecular weight excluding hydrogens is 258 g/mol. The number of aryl methyl sites for hydroxylation is 1. The Balaban J connectivity index is 1.94. The van der Waals surface area contributed by atoms with E-state index in [1.165, 1.54) is 10.9 Å². The van der Waals surface area contributed by atoms with Gasteiger partial charge in [0, 0.05) is 10.9 Å². The predicted octanol–water partition coefficient (Wildman–Crippen LogP) is 4.72. The second-order valence-electron chi connectivity index (χ2n) is 5.01. The van der Waals surface area contributed by atoms with Gasteiger partial charge in [0.15, 0.2) is 0 Å². The summed E-state index contributed by atoms with van der Waals surface area (Å²) in [6.07, 6.45) is 4.04. The molecule has 0 N–H and O–H groups in total. The molecule has 0 amide bonds. The van der Waals surface area contributed by atoms with Gasteiger partial charge in [0.25, 0.3) is 0 Å². The molecule has 0 aliphatic carbocycles. The van der Waals surface area contributed by atoms with Crippen LogP contribution in [0.2, 0.25) is 0 Å². The molecule has 0 atom stereocenters. The Morgan fingerprint density at radius 1 is 0.952 bits per heavy atom. The van der Waals surface area contributed by atoms with Gasteiger partial charge in [-0.15, -0.1) is 0 Å².